The fraction of sp³-hybridized carbons (Fsp3) is 0.444. The van der Waals surface area contributed by atoms with Crippen LogP contribution in [0.4, 0.5) is 10.1 Å². The van der Waals surface area contributed by atoms with Gasteiger partial charge in [-0.05, 0) is 37.8 Å². The topological polar surface area (TPSA) is 53.4 Å². The van der Waals surface area contributed by atoms with E-state index in [0.29, 0.717) is 12.1 Å². The molecule has 0 bridgehead atoms. The highest BCUT2D eigenvalue weighted by Crippen LogP contribution is 2.50. The van der Waals surface area contributed by atoms with Crippen LogP contribution in [-0.4, -0.2) is 29.1 Å². The summed E-state index contributed by atoms with van der Waals surface area (Å²) in [5.74, 6) is -0.847. The zero-order chi connectivity index (χ0) is 16.2. The highest BCUT2D eigenvalue weighted by Gasteiger charge is 2.55. The Labute approximate surface area is 133 Å². The van der Waals surface area contributed by atoms with E-state index in [-0.39, 0.29) is 11.7 Å². The molecule has 5 heteroatoms. The lowest BCUT2D eigenvalue weighted by molar-refractivity contribution is -0.149. The Hall–Kier alpha value is -2.17. The number of aliphatic carboxylic acids is 1. The number of nitrogens with zero attached hydrogens (tertiary/aromatic N) is 2. The minimum Gasteiger partial charge on any atom is -0.481 e. The number of benzene rings is 1. The smallest absolute Gasteiger partial charge is 0.311 e. The molecule has 0 unspecified atom stereocenters. The summed E-state index contributed by atoms with van der Waals surface area (Å²) in [6.45, 7) is 3.07. The number of carbonyl (C=O) groups is 1. The summed E-state index contributed by atoms with van der Waals surface area (Å²) in [4.78, 5) is 18.3. The maximum Gasteiger partial charge on any atom is 0.311 e. The molecule has 2 fully saturated rings. The van der Waals surface area contributed by atoms with Crippen molar-refractivity contribution in [2.24, 2.45) is 11.3 Å². The first-order valence-corrected chi connectivity index (χ1v) is 8.05. The molecule has 1 N–H and O–H groups in total. The summed E-state index contributed by atoms with van der Waals surface area (Å²) < 4.78 is 14.1. The molecule has 4 rings (SSSR count). The second-order valence-electron chi connectivity index (χ2n) is 6.85. The average molecular weight is 314 g/mol. The van der Waals surface area contributed by atoms with Crippen LogP contribution in [0, 0.1) is 24.1 Å². The molecule has 1 aromatic carbocycles. The number of hydrogen-bond acceptors (Lipinski definition) is 3. The lowest BCUT2D eigenvalue weighted by Crippen LogP contribution is -2.35. The summed E-state index contributed by atoms with van der Waals surface area (Å²) in [6, 6.07) is 6.90. The molecule has 1 aliphatic heterocycles. The van der Waals surface area contributed by atoms with Crippen LogP contribution in [0.5, 0.6) is 0 Å². The highest BCUT2D eigenvalue weighted by molar-refractivity contribution is 5.93. The first kappa shape index (κ1) is 14.4. The number of aromatic nitrogens is 1. The molecule has 0 radical (unpaired) electrons. The van der Waals surface area contributed by atoms with Crippen molar-refractivity contribution in [3.63, 3.8) is 0 Å². The number of carboxylic acid groups (broad SMARTS) is 1. The Morgan fingerprint density at radius 3 is 3.04 bits per heavy atom. The number of carboxylic acids is 1. The van der Waals surface area contributed by atoms with Gasteiger partial charge in [-0.1, -0.05) is 18.6 Å². The summed E-state index contributed by atoms with van der Waals surface area (Å²) >= 11 is 0. The molecule has 1 aromatic heterocycles. The summed E-state index contributed by atoms with van der Waals surface area (Å²) in [7, 11) is 0. The molecule has 0 spiro atoms. The Morgan fingerprint density at radius 1 is 1.48 bits per heavy atom. The largest absolute Gasteiger partial charge is 0.481 e. The van der Waals surface area contributed by atoms with Gasteiger partial charge in [0.1, 0.15) is 11.3 Å². The molecule has 120 valence electrons. The summed E-state index contributed by atoms with van der Waals surface area (Å²) in [5, 5.41) is 10.5. The lowest BCUT2D eigenvalue weighted by Gasteiger charge is -2.25. The van der Waals surface area contributed by atoms with Gasteiger partial charge >= 0.3 is 5.97 Å². The van der Waals surface area contributed by atoms with Crippen molar-refractivity contribution >= 4 is 22.6 Å². The third-order valence-corrected chi connectivity index (χ3v) is 5.53. The molecule has 1 saturated heterocycles. The van der Waals surface area contributed by atoms with Crippen LogP contribution >= 0.6 is 0 Å². The van der Waals surface area contributed by atoms with Crippen LogP contribution in [-0.2, 0) is 4.79 Å². The van der Waals surface area contributed by atoms with Crippen molar-refractivity contribution < 1.29 is 14.3 Å². The fourth-order valence-corrected chi connectivity index (χ4v) is 4.40. The van der Waals surface area contributed by atoms with Crippen LogP contribution in [0.1, 0.15) is 25.0 Å². The van der Waals surface area contributed by atoms with Crippen LogP contribution in [0.25, 0.3) is 10.9 Å². The number of anilines is 1. The second-order valence-corrected chi connectivity index (χ2v) is 6.85. The zero-order valence-corrected chi connectivity index (χ0v) is 13.1. The number of rotatable bonds is 2. The van der Waals surface area contributed by atoms with Crippen LogP contribution in [0.2, 0.25) is 0 Å². The molecular formula is C18H19FN2O2. The van der Waals surface area contributed by atoms with Gasteiger partial charge in [0, 0.05) is 29.9 Å². The van der Waals surface area contributed by atoms with Crippen molar-refractivity contribution in [3.8, 4) is 0 Å². The molecule has 23 heavy (non-hydrogen) atoms. The number of hydrogen-bond donors (Lipinski definition) is 1. The first-order valence-electron chi connectivity index (χ1n) is 8.05. The Bertz CT molecular complexity index is 807. The zero-order valence-electron chi connectivity index (χ0n) is 13.1. The van der Waals surface area contributed by atoms with E-state index in [2.05, 4.69) is 9.88 Å². The SMILES string of the molecule is Cc1cc(N2C[C@@H]3CCC[C@@]3(C(=O)O)C2)c2cccc(F)c2n1. The van der Waals surface area contributed by atoms with Crippen molar-refractivity contribution in [2.45, 2.75) is 26.2 Å². The Morgan fingerprint density at radius 2 is 2.30 bits per heavy atom. The predicted molar refractivity (Wildman–Crippen MR) is 86.1 cm³/mol. The molecule has 0 amide bonds. The highest BCUT2D eigenvalue weighted by atomic mass is 19.1. The molecule has 2 atom stereocenters. The number of halogens is 1. The van der Waals surface area contributed by atoms with E-state index in [1.165, 1.54) is 6.07 Å². The van der Waals surface area contributed by atoms with E-state index in [1.54, 1.807) is 6.07 Å². The van der Waals surface area contributed by atoms with Gasteiger partial charge in [-0.3, -0.25) is 4.79 Å². The molecule has 2 aromatic rings. The third-order valence-electron chi connectivity index (χ3n) is 5.53. The van der Waals surface area contributed by atoms with E-state index in [4.69, 9.17) is 0 Å². The Kier molecular flexibility index (Phi) is 3.08. The van der Waals surface area contributed by atoms with E-state index < -0.39 is 11.4 Å². The van der Waals surface area contributed by atoms with Gasteiger partial charge in [0.05, 0.1) is 5.41 Å². The van der Waals surface area contributed by atoms with Gasteiger partial charge in [-0.2, -0.15) is 0 Å². The van der Waals surface area contributed by atoms with Crippen molar-refractivity contribution in [1.29, 1.82) is 0 Å². The number of fused-ring (bicyclic) bond motifs is 2. The number of aryl methyl sites for hydroxylation is 1. The minimum atomic E-state index is -0.691. The van der Waals surface area contributed by atoms with Gasteiger partial charge in [0.25, 0.3) is 0 Å². The summed E-state index contributed by atoms with van der Waals surface area (Å²) in [6.07, 6.45) is 2.68. The van der Waals surface area contributed by atoms with Crippen molar-refractivity contribution in [1.82, 2.24) is 4.98 Å². The van der Waals surface area contributed by atoms with Crippen LogP contribution in [0.3, 0.4) is 0 Å². The van der Waals surface area contributed by atoms with Gasteiger partial charge < -0.3 is 10.0 Å². The number of pyridine rings is 1. The van der Waals surface area contributed by atoms with E-state index in [0.717, 1.165) is 42.6 Å². The first-order chi connectivity index (χ1) is 11.0. The maximum atomic E-state index is 14.1. The van der Waals surface area contributed by atoms with Gasteiger partial charge in [0.2, 0.25) is 0 Å². The standard InChI is InChI=1S/C18H19FN2O2/c1-11-8-15(13-5-2-6-14(19)16(13)20-11)21-9-12-4-3-7-18(12,10-21)17(22)23/h2,5-6,8,12H,3-4,7,9-10H2,1H3,(H,22,23)/t12-,18+/m0/s1. The van der Waals surface area contributed by atoms with Gasteiger partial charge in [0.15, 0.2) is 0 Å². The van der Waals surface area contributed by atoms with E-state index in [1.807, 2.05) is 19.1 Å². The Balaban J connectivity index is 1.82. The minimum absolute atomic E-state index is 0.178. The predicted octanol–water partition coefficient (Wildman–Crippen LogP) is 3.37. The van der Waals surface area contributed by atoms with Crippen LogP contribution in [0.15, 0.2) is 24.3 Å². The third kappa shape index (κ3) is 2.02. The lowest BCUT2D eigenvalue weighted by atomic mass is 9.81. The molecule has 1 saturated carbocycles. The average Bonchev–Trinajstić information content (AvgIpc) is 3.05. The molecule has 1 aliphatic carbocycles. The second kappa shape index (κ2) is 4.91. The normalized spacial score (nSPS) is 26.7. The molecule has 2 aliphatic rings. The molecule has 2 heterocycles. The van der Waals surface area contributed by atoms with Crippen LogP contribution < -0.4 is 4.90 Å². The van der Waals surface area contributed by atoms with Crippen molar-refractivity contribution in [3.05, 3.63) is 35.8 Å². The molecule has 4 nitrogen and oxygen atoms in total. The number of para-hydroxylation sites is 1. The fourth-order valence-electron chi connectivity index (χ4n) is 4.40. The quantitative estimate of drug-likeness (QED) is 0.923. The molecular weight excluding hydrogens is 295 g/mol. The van der Waals surface area contributed by atoms with Gasteiger partial charge in [-0.15, -0.1) is 0 Å². The summed E-state index contributed by atoms with van der Waals surface area (Å²) in [5.41, 5.74) is 1.38. The van der Waals surface area contributed by atoms with E-state index >= 15 is 0 Å². The van der Waals surface area contributed by atoms with E-state index in [9.17, 15) is 14.3 Å². The van der Waals surface area contributed by atoms with Gasteiger partial charge in [-0.25, -0.2) is 9.37 Å². The monoisotopic (exact) mass is 314 g/mol. The maximum absolute atomic E-state index is 14.1. The van der Waals surface area contributed by atoms with Crippen molar-refractivity contribution in [2.75, 3.05) is 18.0 Å².